The van der Waals surface area contributed by atoms with Gasteiger partial charge in [0.15, 0.2) is 0 Å². The van der Waals surface area contributed by atoms with E-state index in [1.165, 1.54) is 19.3 Å². The predicted molar refractivity (Wildman–Crippen MR) is 69.4 cm³/mol. The molecule has 0 atom stereocenters. The Morgan fingerprint density at radius 3 is 2.56 bits per heavy atom. The molecule has 1 aliphatic carbocycles. The summed E-state index contributed by atoms with van der Waals surface area (Å²) < 4.78 is 0. The van der Waals surface area contributed by atoms with Crippen molar-refractivity contribution in [3.63, 3.8) is 0 Å². The summed E-state index contributed by atoms with van der Waals surface area (Å²) in [6.07, 6.45) is 3.64. The van der Waals surface area contributed by atoms with Gasteiger partial charge < -0.3 is 5.32 Å². The van der Waals surface area contributed by atoms with E-state index < -0.39 is 0 Å². The molecule has 0 unspecified atom stereocenters. The maximum absolute atomic E-state index is 11.9. The van der Waals surface area contributed by atoms with Crippen molar-refractivity contribution in [3.8, 4) is 0 Å². The van der Waals surface area contributed by atoms with Gasteiger partial charge in [-0.1, -0.05) is 34.1 Å². The summed E-state index contributed by atoms with van der Waals surface area (Å²) in [6, 6.07) is 0. The molecule has 0 spiro atoms. The van der Waals surface area contributed by atoms with Crippen molar-refractivity contribution in [2.45, 2.75) is 52.4 Å². The van der Waals surface area contributed by atoms with Gasteiger partial charge in [-0.25, -0.2) is 4.98 Å². The van der Waals surface area contributed by atoms with Crippen LogP contribution in [-0.4, -0.2) is 27.6 Å². The molecule has 1 saturated carbocycles. The van der Waals surface area contributed by atoms with E-state index in [9.17, 15) is 4.79 Å². The van der Waals surface area contributed by atoms with Crippen molar-refractivity contribution < 1.29 is 4.79 Å². The zero-order chi connectivity index (χ0) is 13.4. The molecule has 1 heterocycles. The highest BCUT2D eigenvalue weighted by Crippen LogP contribution is 2.39. The molecule has 1 amide bonds. The number of hydrogen-bond donors (Lipinski definition) is 2. The van der Waals surface area contributed by atoms with E-state index in [0.29, 0.717) is 6.54 Å². The Balaban J connectivity index is 1.95. The molecule has 5 nitrogen and oxygen atoms in total. The molecule has 18 heavy (non-hydrogen) atoms. The number of aromatic nitrogens is 3. The minimum Gasteiger partial charge on any atom is -0.349 e. The number of rotatable bonds is 3. The Kier molecular flexibility index (Phi) is 3.17. The average molecular weight is 250 g/mol. The number of hydrogen-bond acceptors (Lipinski definition) is 3. The standard InChI is InChI=1S/C13H22N4O/c1-12(2,3)11-15-9(16-17-11)10(18)14-8-13(4)6-5-7-13/h5-8H2,1-4H3,(H,14,18)(H,15,16,17). The maximum Gasteiger partial charge on any atom is 0.290 e. The quantitative estimate of drug-likeness (QED) is 0.862. The molecule has 1 aromatic rings. The molecule has 0 aliphatic heterocycles. The Hall–Kier alpha value is -1.39. The monoisotopic (exact) mass is 250 g/mol. The number of H-pyrrole nitrogens is 1. The molecule has 0 radical (unpaired) electrons. The molecule has 0 bridgehead atoms. The van der Waals surface area contributed by atoms with Crippen LogP contribution in [0.15, 0.2) is 0 Å². The highest BCUT2D eigenvalue weighted by Gasteiger charge is 2.32. The van der Waals surface area contributed by atoms with E-state index in [2.05, 4.69) is 27.4 Å². The molecular weight excluding hydrogens is 228 g/mol. The summed E-state index contributed by atoms with van der Waals surface area (Å²) in [4.78, 5) is 16.2. The van der Waals surface area contributed by atoms with Crippen LogP contribution >= 0.6 is 0 Å². The van der Waals surface area contributed by atoms with Crippen molar-refractivity contribution in [1.29, 1.82) is 0 Å². The normalized spacial score (nSPS) is 18.2. The summed E-state index contributed by atoms with van der Waals surface area (Å²) >= 11 is 0. The smallest absolute Gasteiger partial charge is 0.290 e. The Morgan fingerprint density at radius 2 is 2.11 bits per heavy atom. The largest absolute Gasteiger partial charge is 0.349 e. The predicted octanol–water partition coefficient (Wildman–Crippen LogP) is 2.02. The van der Waals surface area contributed by atoms with Crippen molar-refractivity contribution in [2.75, 3.05) is 6.54 Å². The van der Waals surface area contributed by atoms with Crippen LogP contribution in [-0.2, 0) is 5.41 Å². The van der Waals surface area contributed by atoms with Crippen LogP contribution in [0.25, 0.3) is 0 Å². The van der Waals surface area contributed by atoms with Crippen LogP contribution in [0.3, 0.4) is 0 Å². The van der Waals surface area contributed by atoms with E-state index in [1.54, 1.807) is 0 Å². The summed E-state index contributed by atoms with van der Waals surface area (Å²) in [5, 5.41) is 9.73. The Labute approximate surface area is 108 Å². The van der Waals surface area contributed by atoms with E-state index in [4.69, 9.17) is 0 Å². The average Bonchev–Trinajstić information content (AvgIpc) is 2.72. The van der Waals surface area contributed by atoms with Gasteiger partial charge in [-0.15, -0.1) is 5.10 Å². The van der Waals surface area contributed by atoms with Crippen molar-refractivity contribution in [3.05, 3.63) is 11.6 Å². The van der Waals surface area contributed by atoms with Gasteiger partial charge in [0, 0.05) is 12.0 Å². The van der Waals surface area contributed by atoms with E-state index in [0.717, 1.165) is 5.82 Å². The number of aromatic amines is 1. The molecule has 1 aliphatic rings. The third kappa shape index (κ3) is 2.71. The molecule has 0 saturated heterocycles. The summed E-state index contributed by atoms with van der Waals surface area (Å²) in [5.74, 6) is 0.792. The third-order valence-corrected chi connectivity index (χ3v) is 3.64. The number of nitrogens with zero attached hydrogens (tertiary/aromatic N) is 2. The van der Waals surface area contributed by atoms with Crippen molar-refractivity contribution in [1.82, 2.24) is 20.5 Å². The fourth-order valence-corrected chi connectivity index (χ4v) is 2.03. The molecular formula is C13H22N4O. The zero-order valence-electron chi connectivity index (χ0n) is 11.6. The lowest BCUT2D eigenvalue weighted by Gasteiger charge is -2.38. The van der Waals surface area contributed by atoms with Crippen molar-refractivity contribution >= 4 is 5.91 Å². The van der Waals surface area contributed by atoms with E-state index >= 15 is 0 Å². The second kappa shape index (κ2) is 4.37. The third-order valence-electron chi connectivity index (χ3n) is 3.64. The number of carbonyl (C=O) groups is 1. The molecule has 2 rings (SSSR count). The van der Waals surface area contributed by atoms with Crippen LogP contribution in [0.4, 0.5) is 0 Å². The highest BCUT2D eigenvalue weighted by atomic mass is 16.2. The summed E-state index contributed by atoms with van der Waals surface area (Å²) in [5.41, 5.74) is 0.157. The van der Waals surface area contributed by atoms with Crippen LogP contribution in [0, 0.1) is 5.41 Å². The topological polar surface area (TPSA) is 70.7 Å². The van der Waals surface area contributed by atoms with Gasteiger partial charge >= 0.3 is 0 Å². The van der Waals surface area contributed by atoms with E-state index in [1.807, 2.05) is 20.8 Å². The van der Waals surface area contributed by atoms with Gasteiger partial charge in [-0.05, 0) is 18.3 Å². The summed E-state index contributed by atoms with van der Waals surface area (Å²) in [7, 11) is 0. The van der Waals surface area contributed by atoms with E-state index in [-0.39, 0.29) is 22.6 Å². The fourth-order valence-electron chi connectivity index (χ4n) is 2.03. The second-order valence-corrected chi connectivity index (χ2v) is 6.60. The van der Waals surface area contributed by atoms with Gasteiger partial charge in [-0.2, -0.15) is 0 Å². The molecule has 0 aromatic carbocycles. The van der Waals surface area contributed by atoms with Crippen LogP contribution in [0.2, 0.25) is 0 Å². The first-order valence-electron chi connectivity index (χ1n) is 6.51. The van der Waals surface area contributed by atoms with Crippen LogP contribution < -0.4 is 5.32 Å². The first-order chi connectivity index (χ1) is 8.30. The lowest BCUT2D eigenvalue weighted by atomic mass is 9.70. The number of nitrogens with one attached hydrogen (secondary N) is 2. The molecule has 100 valence electrons. The minimum atomic E-state index is -0.185. The summed E-state index contributed by atoms with van der Waals surface area (Å²) in [6.45, 7) is 9.01. The number of amides is 1. The first kappa shape index (κ1) is 13.1. The zero-order valence-corrected chi connectivity index (χ0v) is 11.6. The first-order valence-corrected chi connectivity index (χ1v) is 6.51. The molecule has 1 aromatic heterocycles. The van der Waals surface area contributed by atoms with Gasteiger partial charge in [-0.3, -0.25) is 9.89 Å². The molecule has 1 fully saturated rings. The maximum atomic E-state index is 11.9. The fraction of sp³-hybridized carbons (Fsp3) is 0.769. The molecule has 2 N–H and O–H groups in total. The van der Waals surface area contributed by atoms with Gasteiger partial charge in [0.05, 0.1) is 0 Å². The SMILES string of the molecule is CC1(CNC(=O)c2n[nH]c(C(C)(C)C)n2)CCC1. The highest BCUT2D eigenvalue weighted by molar-refractivity contribution is 5.90. The van der Waals surface area contributed by atoms with Crippen molar-refractivity contribution in [2.24, 2.45) is 5.41 Å². The van der Waals surface area contributed by atoms with Crippen LogP contribution in [0.1, 0.15) is 63.4 Å². The second-order valence-electron chi connectivity index (χ2n) is 6.60. The molecule has 5 heteroatoms. The van der Waals surface area contributed by atoms with Gasteiger partial charge in [0.1, 0.15) is 5.82 Å². The van der Waals surface area contributed by atoms with Gasteiger partial charge in [0.25, 0.3) is 5.91 Å². The minimum absolute atomic E-state index is 0.120. The number of carbonyl (C=O) groups excluding carboxylic acids is 1. The Bertz CT molecular complexity index is 440. The van der Waals surface area contributed by atoms with Crippen LogP contribution in [0.5, 0.6) is 0 Å². The Morgan fingerprint density at radius 1 is 1.44 bits per heavy atom. The van der Waals surface area contributed by atoms with Gasteiger partial charge in [0.2, 0.25) is 5.82 Å². The lowest BCUT2D eigenvalue weighted by molar-refractivity contribution is 0.0881. The lowest BCUT2D eigenvalue weighted by Crippen LogP contribution is -2.40.